The molecule has 0 bridgehead atoms. The predicted molar refractivity (Wildman–Crippen MR) is 75.1 cm³/mol. The smallest absolute Gasteiger partial charge is 0.0100 e. The maximum atomic E-state index is 4.04. The summed E-state index contributed by atoms with van der Waals surface area (Å²) in [6.45, 7) is 7.27. The van der Waals surface area contributed by atoms with Crippen molar-refractivity contribution in [1.82, 2.24) is 5.32 Å². The van der Waals surface area contributed by atoms with Gasteiger partial charge in [0.2, 0.25) is 0 Å². The molecule has 2 saturated carbocycles. The van der Waals surface area contributed by atoms with Gasteiger partial charge in [0.25, 0.3) is 0 Å². The summed E-state index contributed by atoms with van der Waals surface area (Å²) in [5.74, 6) is 2.68. The highest BCUT2D eigenvalue weighted by Gasteiger charge is 2.31. The van der Waals surface area contributed by atoms with E-state index in [9.17, 15) is 0 Å². The van der Waals surface area contributed by atoms with Crippen LogP contribution in [0, 0.1) is 17.8 Å². The zero-order valence-electron chi connectivity index (χ0n) is 12.0. The Morgan fingerprint density at radius 3 is 2.06 bits per heavy atom. The summed E-state index contributed by atoms with van der Waals surface area (Å²) in [4.78, 5) is 0. The van der Waals surface area contributed by atoms with Crippen molar-refractivity contribution in [2.45, 2.75) is 84.2 Å². The molecule has 0 saturated heterocycles. The Bertz CT molecular complexity index is 224. The van der Waals surface area contributed by atoms with Gasteiger partial charge in [-0.2, -0.15) is 0 Å². The summed E-state index contributed by atoms with van der Waals surface area (Å²) in [6, 6.07) is 1.63. The van der Waals surface area contributed by atoms with Crippen molar-refractivity contribution < 1.29 is 0 Å². The Hall–Kier alpha value is -0.0400. The van der Waals surface area contributed by atoms with Gasteiger partial charge in [-0.1, -0.05) is 46.5 Å². The fourth-order valence-corrected chi connectivity index (χ4v) is 4.00. The van der Waals surface area contributed by atoms with Crippen molar-refractivity contribution in [1.29, 1.82) is 0 Å². The summed E-state index contributed by atoms with van der Waals surface area (Å²) in [5, 5.41) is 4.04. The second-order valence-electron chi connectivity index (χ2n) is 6.83. The third kappa shape index (κ3) is 3.47. The predicted octanol–water partition coefficient (Wildman–Crippen LogP) is 4.37. The molecule has 1 nitrogen and oxygen atoms in total. The molecule has 0 spiro atoms. The molecule has 0 amide bonds. The van der Waals surface area contributed by atoms with Gasteiger partial charge in [-0.25, -0.2) is 0 Å². The van der Waals surface area contributed by atoms with Crippen molar-refractivity contribution in [2.24, 2.45) is 17.8 Å². The van der Waals surface area contributed by atoms with E-state index in [2.05, 4.69) is 26.1 Å². The molecule has 2 rings (SSSR count). The number of hydrogen-bond acceptors (Lipinski definition) is 1. The zero-order valence-corrected chi connectivity index (χ0v) is 12.0. The molecule has 1 N–H and O–H groups in total. The molecule has 1 heteroatoms. The van der Waals surface area contributed by atoms with Crippen LogP contribution in [0.25, 0.3) is 0 Å². The molecule has 0 aromatic heterocycles. The Balaban J connectivity index is 1.90. The fourth-order valence-electron chi connectivity index (χ4n) is 4.00. The average molecular weight is 237 g/mol. The van der Waals surface area contributed by atoms with Crippen LogP contribution in [0.2, 0.25) is 0 Å². The lowest BCUT2D eigenvalue weighted by atomic mass is 9.76. The molecule has 0 heterocycles. The summed E-state index contributed by atoms with van der Waals surface area (Å²) >= 11 is 0. The van der Waals surface area contributed by atoms with Crippen molar-refractivity contribution in [2.75, 3.05) is 0 Å². The highest BCUT2D eigenvalue weighted by molar-refractivity contribution is 4.88. The van der Waals surface area contributed by atoms with E-state index in [0.29, 0.717) is 0 Å². The Kier molecular flexibility index (Phi) is 4.90. The first-order valence-electron chi connectivity index (χ1n) is 7.94. The molecule has 2 fully saturated rings. The molecule has 0 aliphatic heterocycles. The van der Waals surface area contributed by atoms with E-state index >= 15 is 0 Å². The van der Waals surface area contributed by atoms with Crippen molar-refractivity contribution in [3.05, 3.63) is 0 Å². The summed E-state index contributed by atoms with van der Waals surface area (Å²) in [6.07, 6.45) is 11.5. The lowest BCUT2D eigenvalue weighted by Gasteiger charge is -2.40. The zero-order chi connectivity index (χ0) is 12.3. The summed E-state index contributed by atoms with van der Waals surface area (Å²) in [7, 11) is 0. The average Bonchev–Trinajstić information content (AvgIpc) is 2.32. The van der Waals surface area contributed by atoms with Gasteiger partial charge in [-0.3, -0.25) is 0 Å². The minimum atomic E-state index is 0.813. The maximum Gasteiger partial charge on any atom is 0.0100 e. The van der Waals surface area contributed by atoms with Crippen LogP contribution in [0.4, 0.5) is 0 Å². The van der Waals surface area contributed by atoms with Crippen LogP contribution in [0.15, 0.2) is 0 Å². The molecular formula is C16H31N. The molecule has 0 radical (unpaired) electrons. The summed E-state index contributed by atoms with van der Waals surface area (Å²) in [5.41, 5.74) is 0. The molecule has 2 aliphatic carbocycles. The summed E-state index contributed by atoms with van der Waals surface area (Å²) < 4.78 is 0. The minimum Gasteiger partial charge on any atom is -0.311 e. The largest absolute Gasteiger partial charge is 0.311 e. The Labute approximate surface area is 108 Å². The van der Waals surface area contributed by atoms with E-state index < -0.39 is 0 Å². The van der Waals surface area contributed by atoms with E-state index in [-0.39, 0.29) is 0 Å². The van der Waals surface area contributed by atoms with E-state index in [4.69, 9.17) is 0 Å². The molecule has 4 unspecified atom stereocenters. The van der Waals surface area contributed by atoms with Gasteiger partial charge < -0.3 is 5.32 Å². The van der Waals surface area contributed by atoms with Crippen LogP contribution >= 0.6 is 0 Å². The van der Waals surface area contributed by atoms with Crippen LogP contribution in [0.1, 0.15) is 72.1 Å². The first-order valence-corrected chi connectivity index (χ1v) is 7.94. The van der Waals surface area contributed by atoms with Crippen molar-refractivity contribution in [3.8, 4) is 0 Å². The van der Waals surface area contributed by atoms with E-state index in [1.54, 1.807) is 0 Å². The van der Waals surface area contributed by atoms with Gasteiger partial charge >= 0.3 is 0 Å². The van der Waals surface area contributed by atoms with E-state index in [1.165, 1.54) is 51.4 Å². The number of hydrogen-bond donors (Lipinski definition) is 1. The highest BCUT2D eigenvalue weighted by atomic mass is 15.0. The standard InChI is InChI=1S/C16H31N/c1-12(2)14-9-5-7-11-16(14)17-15-10-6-4-8-13(15)3/h12-17H,4-11H2,1-3H3. The van der Waals surface area contributed by atoms with Gasteiger partial charge in [0, 0.05) is 12.1 Å². The first-order chi connectivity index (χ1) is 8.18. The molecular weight excluding hydrogens is 206 g/mol. The lowest BCUT2D eigenvalue weighted by Crippen LogP contribution is -2.49. The minimum absolute atomic E-state index is 0.813. The Morgan fingerprint density at radius 2 is 1.41 bits per heavy atom. The van der Waals surface area contributed by atoms with Crippen molar-refractivity contribution >= 4 is 0 Å². The second-order valence-corrected chi connectivity index (χ2v) is 6.83. The topological polar surface area (TPSA) is 12.0 Å². The molecule has 4 atom stereocenters. The van der Waals surface area contributed by atoms with E-state index in [1.807, 2.05) is 0 Å². The highest BCUT2D eigenvalue weighted by Crippen LogP contribution is 2.32. The monoisotopic (exact) mass is 237 g/mol. The number of rotatable bonds is 3. The number of nitrogens with one attached hydrogen (secondary N) is 1. The lowest BCUT2D eigenvalue weighted by molar-refractivity contribution is 0.161. The van der Waals surface area contributed by atoms with Gasteiger partial charge in [0.15, 0.2) is 0 Å². The first kappa shape index (κ1) is 13.4. The van der Waals surface area contributed by atoms with Gasteiger partial charge in [-0.15, -0.1) is 0 Å². The molecule has 0 aromatic rings. The van der Waals surface area contributed by atoms with Crippen LogP contribution in [0.5, 0.6) is 0 Å². The quantitative estimate of drug-likeness (QED) is 0.768. The second kappa shape index (κ2) is 6.22. The van der Waals surface area contributed by atoms with E-state index in [0.717, 1.165) is 29.8 Å². The normalized spacial score (nSPS) is 39.5. The van der Waals surface area contributed by atoms with Crippen LogP contribution in [-0.2, 0) is 0 Å². The third-order valence-electron chi connectivity index (χ3n) is 5.22. The Morgan fingerprint density at radius 1 is 0.824 bits per heavy atom. The van der Waals surface area contributed by atoms with Crippen LogP contribution in [-0.4, -0.2) is 12.1 Å². The molecule has 17 heavy (non-hydrogen) atoms. The maximum absolute atomic E-state index is 4.04. The van der Waals surface area contributed by atoms with Gasteiger partial charge in [0.1, 0.15) is 0 Å². The van der Waals surface area contributed by atoms with Gasteiger partial charge in [0.05, 0.1) is 0 Å². The molecule has 2 aliphatic rings. The van der Waals surface area contributed by atoms with Gasteiger partial charge in [-0.05, 0) is 43.4 Å². The SMILES string of the molecule is CC(C)C1CCCCC1NC1CCCCC1C. The van der Waals surface area contributed by atoms with Crippen LogP contribution in [0.3, 0.4) is 0 Å². The molecule has 100 valence electrons. The fraction of sp³-hybridized carbons (Fsp3) is 1.00. The molecule has 0 aromatic carbocycles. The van der Waals surface area contributed by atoms with Crippen molar-refractivity contribution in [3.63, 3.8) is 0 Å². The van der Waals surface area contributed by atoms with Crippen LogP contribution < -0.4 is 5.32 Å². The third-order valence-corrected chi connectivity index (χ3v) is 5.22.